The highest BCUT2D eigenvalue weighted by Crippen LogP contribution is 2.25. The predicted octanol–water partition coefficient (Wildman–Crippen LogP) is 10.7. The Morgan fingerprint density at radius 3 is 1.86 bits per heavy atom. The van der Waals surface area contributed by atoms with Gasteiger partial charge in [0, 0.05) is 43.1 Å². The molecule has 3 aromatic rings. The van der Waals surface area contributed by atoms with Crippen LogP contribution in [0.15, 0.2) is 79.9 Å². The molecule has 272 valence electrons. The first kappa shape index (κ1) is 45.2. The molecule has 3 rings (SSSR count). The van der Waals surface area contributed by atoms with Crippen molar-refractivity contribution in [3.05, 3.63) is 119 Å². The Balaban J connectivity index is 0.00000163. The summed E-state index contributed by atoms with van der Waals surface area (Å²) in [7, 11) is 0. The van der Waals surface area contributed by atoms with E-state index in [1.54, 1.807) is 6.92 Å². The highest BCUT2D eigenvalue weighted by atomic mass is 19.1. The molecular weight excluding hydrogens is 612 g/mol. The van der Waals surface area contributed by atoms with Crippen LogP contribution in [0.2, 0.25) is 0 Å². The molecule has 0 saturated heterocycles. The molecule has 0 spiro atoms. The third-order valence-electron chi connectivity index (χ3n) is 7.77. The summed E-state index contributed by atoms with van der Waals surface area (Å²) in [6.45, 7) is 31.5. The molecule has 0 saturated carbocycles. The second-order valence-corrected chi connectivity index (χ2v) is 11.9. The van der Waals surface area contributed by atoms with Crippen LogP contribution >= 0.6 is 0 Å². The fourth-order valence-corrected chi connectivity index (χ4v) is 5.19. The first-order valence-electron chi connectivity index (χ1n) is 18.2. The number of carbonyl (C=O) groups is 1. The van der Waals surface area contributed by atoms with Gasteiger partial charge in [-0.1, -0.05) is 98.9 Å². The van der Waals surface area contributed by atoms with Crippen LogP contribution < -0.4 is 10.6 Å². The fraction of sp³-hybridized carbons (Fsp3) is 0.465. The molecule has 0 fully saturated rings. The second kappa shape index (κ2) is 26.1. The Labute approximate surface area is 298 Å². The van der Waals surface area contributed by atoms with Gasteiger partial charge < -0.3 is 20.3 Å². The van der Waals surface area contributed by atoms with Gasteiger partial charge in [-0.25, -0.2) is 8.78 Å². The van der Waals surface area contributed by atoms with Crippen LogP contribution in [-0.4, -0.2) is 42.9 Å². The first-order valence-corrected chi connectivity index (χ1v) is 18.2. The van der Waals surface area contributed by atoms with E-state index in [9.17, 15) is 13.6 Å². The van der Waals surface area contributed by atoms with Crippen molar-refractivity contribution in [3.8, 4) is 0 Å². The summed E-state index contributed by atoms with van der Waals surface area (Å²) >= 11 is 0. The van der Waals surface area contributed by atoms with Gasteiger partial charge in [-0.15, -0.1) is 0 Å². The summed E-state index contributed by atoms with van der Waals surface area (Å²) in [5.74, 6) is -1.16. The second-order valence-electron chi connectivity index (χ2n) is 11.9. The van der Waals surface area contributed by atoms with E-state index in [1.165, 1.54) is 17.7 Å². The van der Waals surface area contributed by atoms with E-state index in [2.05, 4.69) is 98.9 Å². The third kappa shape index (κ3) is 17.5. The first-order chi connectivity index (χ1) is 23.5. The highest BCUT2D eigenvalue weighted by Gasteiger charge is 2.21. The molecule has 0 aliphatic rings. The van der Waals surface area contributed by atoms with Gasteiger partial charge in [-0.2, -0.15) is 0 Å². The molecule has 0 radical (unpaired) electrons. The Bertz CT molecular complexity index is 1330. The van der Waals surface area contributed by atoms with Gasteiger partial charge in [0.2, 0.25) is 0 Å². The number of halogens is 2. The van der Waals surface area contributed by atoms with Crippen LogP contribution in [0, 0.1) is 24.5 Å². The fourth-order valence-electron chi connectivity index (χ4n) is 5.19. The van der Waals surface area contributed by atoms with Crippen molar-refractivity contribution in [2.45, 2.75) is 107 Å². The molecule has 0 amide bonds. The van der Waals surface area contributed by atoms with Crippen LogP contribution in [0.3, 0.4) is 0 Å². The molecule has 0 heterocycles. The topological polar surface area (TPSA) is 44.4 Å². The van der Waals surface area contributed by atoms with Gasteiger partial charge in [0.15, 0.2) is 0 Å². The Morgan fingerprint density at radius 2 is 1.37 bits per heavy atom. The Hall–Kier alpha value is -3.77. The summed E-state index contributed by atoms with van der Waals surface area (Å²) in [5, 5.41) is 6.72. The maximum atomic E-state index is 13.9. The van der Waals surface area contributed by atoms with Crippen molar-refractivity contribution in [1.29, 1.82) is 0 Å². The summed E-state index contributed by atoms with van der Waals surface area (Å²) in [5.41, 5.74) is 6.79. The number of nitrogens with zero attached hydrogens (tertiary/aromatic N) is 1. The van der Waals surface area contributed by atoms with Crippen LogP contribution in [0.1, 0.15) is 103 Å². The van der Waals surface area contributed by atoms with Gasteiger partial charge >= 0.3 is 0 Å². The van der Waals surface area contributed by atoms with E-state index in [-0.39, 0.29) is 18.0 Å². The number of hydrogen-bond acceptors (Lipinski definition) is 4. The lowest BCUT2D eigenvalue weighted by Crippen LogP contribution is -2.42. The SMILES string of the molecule is C=C(N[C@@H](Cc1cc(F)cc(F)c1)C(C)CN[C@@H](C)C=O)c1cc(C)cc(C(=C)N(CCC)CCC)c1.CC.CC.CCc1ccccc1. The lowest BCUT2D eigenvalue weighted by molar-refractivity contribution is -0.109. The molecular formula is C43H65F2N3O. The standard InChI is InChI=1S/C31H43F2N3O.C8H10.2C2H6/c1-8-10-36(11-9-2)25(7)28-13-21(3)12-27(17-28)24(6)35-31(22(4)19-34-23(5)20-37)16-26-14-29(32)18-30(33)15-26;1-2-8-6-4-3-5-7-8;2*1-2/h12-15,17-18,20,22-23,31,34-35H,6-11,16,19H2,1-5H3;3-7H,2H2,1H3;2*1-2H3/t22?,23-,31-;;;/m0.../s1. The number of rotatable bonds is 17. The van der Waals surface area contributed by atoms with E-state index in [4.69, 9.17) is 0 Å². The highest BCUT2D eigenvalue weighted by molar-refractivity contribution is 5.70. The lowest BCUT2D eigenvalue weighted by Gasteiger charge is -2.29. The number of carbonyl (C=O) groups excluding carboxylic acids is 1. The van der Waals surface area contributed by atoms with Gasteiger partial charge in [-0.05, 0) is 104 Å². The molecule has 4 nitrogen and oxygen atoms in total. The molecule has 3 aromatic carbocycles. The minimum absolute atomic E-state index is 0.0364. The lowest BCUT2D eigenvalue weighted by atomic mass is 9.93. The number of aldehydes is 1. The average Bonchev–Trinajstić information content (AvgIpc) is 3.11. The summed E-state index contributed by atoms with van der Waals surface area (Å²) in [4.78, 5) is 13.4. The van der Waals surface area contributed by atoms with Crippen LogP contribution in [0.25, 0.3) is 11.4 Å². The predicted molar refractivity (Wildman–Crippen MR) is 210 cm³/mol. The Morgan fingerprint density at radius 1 is 0.816 bits per heavy atom. The average molecular weight is 678 g/mol. The molecule has 49 heavy (non-hydrogen) atoms. The van der Waals surface area contributed by atoms with Crippen LogP contribution in [-0.2, 0) is 17.6 Å². The van der Waals surface area contributed by atoms with Gasteiger partial charge in [-0.3, -0.25) is 0 Å². The van der Waals surface area contributed by atoms with E-state index in [0.29, 0.717) is 18.5 Å². The van der Waals surface area contributed by atoms with Crippen LogP contribution in [0.5, 0.6) is 0 Å². The van der Waals surface area contributed by atoms with E-state index in [1.807, 2.05) is 40.7 Å². The minimum Gasteiger partial charge on any atom is -0.382 e. The summed E-state index contributed by atoms with van der Waals surface area (Å²) in [6, 6.07) is 19.9. The largest absolute Gasteiger partial charge is 0.382 e. The number of aryl methyl sites for hydroxylation is 2. The number of hydrogen-bond donors (Lipinski definition) is 2. The molecule has 1 unspecified atom stereocenters. The van der Waals surface area contributed by atoms with Gasteiger partial charge in [0.1, 0.15) is 17.9 Å². The summed E-state index contributed by atoms with van der Waals surface area (Å²) in [6.07, 6.45) is 4.49. The molecule has 3 atom stereocenters. The molecule has 0 bridgehead atoms. The summed E-state index contributed by atoms with van der Waals surface area (Å²) < 4.78 is 27.8. The third-order valence-corrected chi connectivity index (χ3v) is 7.77. The van der Waals surface area contributed by atoms with E-state index in [0.717, 1.165) is 72.8 Å². The van der Waals surface area contributed by atoms with Gasteiger partial charge in [0.25, 0.3) is 0 Å². The zero-order valence-corrected chi connectivity index (χ0v) is 32.1. The van der Waals surface area contributed by atoms with Crippen LogP contribution in [0.4, 0.5) is 8.78 Å². The maximum absolute atomic E-state index is 13.9. The molecule has 6 heteroatoms. The molecule has 0 aromatic heterocycles. The van der Waals surface area contributed by atoms with E-state index < -0.39 is 11.6 Å². The van der Waals surface area contributed by atoms with Crippen molar-refractivity contribution in [2.75, 3.05) is 19.6 Å². The van der Waals surface area contributed by atoms with Crippen molar-refractivity contribution >= 4 is 17.7 Å². The number of benzene rings is 3. The van der Waals surface area contributed by atoms with E-state index >= 15 is 0 Å². The molecule has 0 aliphatic carbocycles. The van der Waals surface area contributed by atoms with Crippen molar-refractivity contribution < 1.29 is 13.6 Å². The maximum Gasteiger partial charge on any atom is 0.136 e. The number of nitrogens with one attached hydrogen (secondary N) is 2. The minimum atomic E-state index is -0.599. The Kier molecular flexibility index (Phi) is 24.1. The quantitative estimate of drug-likeness (QED) is 0.140. The monoisotopic (exact) mass is 678 g/mol. The molecule has 2 N–H and O–H groups in total. The molecule has 0 aliphatic heterocycles. The van der Waals surface area contributed by atoms with Crippen molar-refractivity contribution in [2.24, 2.45) is 5.92 Å². The zero-order valence-electron chi connectivity index (χ0n) is 32.1. The smallest absolute Gasteiger partial charge is 0.136 e. The van der Waals surface area contributed by atoms with Crippen molar-refractivity contribution in [3.63, 3.8) is 0 Å². The van der Waals surface area contributed by atoms with Crippen molar-refractivity contribution in [1.82, 2.24) is 15.5 Å². The zero-order chi connectivity index (χ0) is 37.4. The normalized spacial score (nSPS) is 11.9. The van der Waals surface area contributed by atoms with Gasteiger partial charge in [0.05, 0.1) is 6.04 Å².